The number of halogens is 2. The minimum atomic E-state index is -0.588. The highest BCUT2D eigenvalue weighted by Gasteiger charge is 2.14. The lowest BCUT2D eigenvalue weighted by atomic mass is 10.2. The quantitative estimate of drug-likeness (QED) is 0.265. The maximum Gasteiger partial charge on any atom is 0.288 e. The highest BCUT2D eigenvalue weighted by atomic mass is 35.5. The van der Waals surface area contributed by atoms with E-state index in [0.29, 0.717) is 11.3 Å². The Morgan fingerprint density at radius 2 is 1.80 bits per heavy atom. The molecule has 2 N–H and O–H groups in total. The van der Waals surface area contributed by atoms with Crippen LogP contribution in [0.25, 0.3) is 11.3 Å². The molecule has 0 radical (unpaired) electrons. The van der Waals surface area contributed by atoms with Crippen molar-refractivity contribution in [2.45, 2.75) is 0 Å². The number of aromatic nitrogens is 4. The third kappa shape index (κ3) is 4.12. The zero-order chi connectivity index (χ0) is 21.1. The van der Waals surface area contributed by atoms with Crippen molar-refractivity contribution in [3.63, 3.8) is 0 Å². The maximum absolute atomic E-state index is 13.1. The van der Waals surface area contributed by atoms with Crippen LogP contribution >= 0.6 is 11.6 Å². The Labute approximate surface area is 171 Å². The van der Waals surface area contributed by atoms with E-state index in [9.17, 15) is 14.5 Å². The molecule has 0 atom stereocenters. The Morgan fingerprint density at radius 3 is 2.50 bits per heavy atom. The number of anilines is 3. The fourth-order valence-corrected chi connectivity index (χ4v) is 2.58. The summed E-state index contributed by atoms with van der Waals surface area (Å²) in [5.41, 5.74) is 3.72. The van der Waals surface area contributed by atoms with Gasteiger partial charge < -0.3 is 5.32 Å². The minimum Gasteiger partial charge on any atom is -0.337 e. The number of nitro groups is 1. The second-order valence-electron chi connectivity index (χ2n) is 5.80. The molecule has 13 heteroatoms. The summed E-state index contributed by atoms with van der Waals surface area (Å²) in [6.45, 7) is 0. The van der Waals surface area contributed by atoms with Gasteiger partial charge in [0.25, 0.3) is 5.69 Å². The average Bonchev–Trinajstić information content (AvgIpc) is 3.18. The number of rotatable bonds is 6. The van der Waals surface area contributed by atoms with Gasteiger partial charge in [0, 0.05) is 17.3 Å². The first-order chi connectivity index (χ1) is 14.5. The second-order valence-corrected chi connectivity index (χ2v) is 6.21. The van der Waals surface area contributed by atoms with Crippen LogP contribution in [0, 0.1) is 15.9 Å². The average molecular weight is 429 g/mol. The fourth-order valence-electron chi connectivity index (χ4n) is 2.39. The van der Waals surface area contributed by atoms with Gasteiger partial charge in [-0.2, -0.15) is 10.1 Å². The van der Waals surface area contributed by atoms with Gasteiger partial charge in [0.2, 0.25) is 11.3 Å². The standard InChI is InChI=1S/C17H10ClFN8O3/c18-12-6-1-9(7-13(12)27(28)29)8-20-24-15-14(21-11-4-2-10(19)3-5-11)22-16-17(23-15)26-30-25-16/h1-8H,(H,21,22,25)(H,23,24,26)/b20-8-. The number of hydrazone groups is 1. The van der Waals surface area contributed by atoms with E-state index in [1.807, 2.05) is 0 Å². The summed E-state index contributed by atoms with van der Waals surface area (Å²) in [5, 5.41) is 25.3. The number of hydrogen-bond donors (Lipinski definition) is 2. The molecule has 150 valence electrons. The van der Waals surface area contributed by atoms with Crippen molar-refractivity contribution in [3.8, 4) is 0 Å². The van der Waals surface area contributed by atoms with E-state index >= 15 is 0 Å². The van der Waals surface area contributed by atoms with Crippen molar-refractivity contribution in [2.24, 2.45) is 5.10 Å². The summed E-state index contributed by atoms with van der Waals surface area (Å²) in [7, 11) is 0. The van der Waals surface area contributed by atoms with E-state index in [-0.39, 0.29) is 39.5 Å². The van der Waals surface area contributed by atoms with Crippen LogP contribution in [0.4, 0.5) is 27.4 Å². The summed E-state index contributed by atoms with van der Waals surface area (Å²) < 4.78 is 17.8. The Hall–Kier alpha value is -4.19. The van der Waals surface area contributed by atoms with E-state index in [2.05, 4.69) is 40.8 Å². The van der Waals surface area contributed by atoms with Gasteiger partial charge in [0.15, 0.2) is 11.6 Å². The van der Waals surface area contributed by atoms with Crippen LogP contribution in [0.5, 0.6) is 0 Å². The molecule has 4 aromatic rings. The molecule has 0 fully saturated rings. The first-order valence-electron chi connectivity index (χ1n) is 8.25. The van der Waals surface area contributed by atoms with E-state index in [0.717, 1.165) is 0 Å². The molecular formula is C17H10ClFN8O3. The third-order valence-electron chi connectivity index (χ3n) is 3.77. The molecule has 0 unspecified atom stereocenters. The maximum atomic E-state index is 13.1. The third-order valence-corrected chi connectivity index (χ3v) is 4.09. The molecule has 2 aromatic carbocycles. The van der Waals surface area contributed by atoms with Gasteiger partial charge in [-0.05, 0) is 40.6 Å². The van der Waals surface area contributed by atoms with Gasteiger partial charge in [-0.15, -0.1) is 0 Å². The molecular weight excluding hydrogens is 419 g/mol. The molecule has 0 saturated carbocycles. The Balaban J connectivity index is 1.61. The molecule has 2 heterocycles. The van der Waals surface area contributed by atoms with Crippen molar-refractivity contribution in [1.29, 1.82) is 0 Å². The van der Waals surface area contributed by atoms with Crippen LogP contribution in [0.1, 0.15) is 5.56 Å². The highest BCUT2D eigenvalue weighted by molar-refractivity contribution is 6.32. The van der Waals surface area contributed by atoms with Gasteiger partial charge in [-0.1, -0.05) is 17.7 Å². The lowest BCUT2D eigenvalue weighted by Gasteiger charge is -2.09. The number of fused-ring (bicyclic) bond motifs is 1. The molecule has 0 aliphatic heterocycles. The van der Waals surface area contributed by atoms with Crippen LogP contribution in [0.2, 0.25) is 5.02 Å². The molecule has 0 amide bonds. The summed E-state index contributed by atoms with van der Waals surface area (Å²) in [5.74, 6) is 0.00840. The number of nitrogens with zero attached hydrogens (tertiary/aromatic N) is 6. The number of nitrogens with one attached hydrogen (secondary N) is 2. The van der Waals surface area contributed by atoms with Gasteiger partial charge in [0.1, 0.15) is 10.8 Å². The Kier molecular flexibility index (Phi) is 5.13. The highest BCUT2D eigenvalue weighted by Crippen LogP contribution is 2.25. The number of nitro benzene ring substituents is 1. The van der Waals surface area contributed by atoms with Crippen molar-refractivity contribution < 1.29 is 13.9 Å². The lowest BCUT2D eigenvalue weighted by Crippen LogP contribution is -2.03. The van der Waals surface area contributed by atoms with Crippen LogP contribution in [-0.4, -0.2) is 31.4 Å². The summed E-state index contributed by atoms with van der Waals surface area (Å²) in [6.07, 6.45) is 1.35. The predicted molar refractivity (Wildman–Crippen MR) is 106 cm³/mol. The number of benzene rings is 2. The predicted octanol–water partition coefficient (Wildman–Crippen LogP) is 3.90. The number of hydrogen-bond acceptors (Lipinski definition) is 10. The molecule has 4 rings (SSSR count). The largest absolute Gasteiger partial charge is 0.337 e. The smallest absolute Gasteiger partial charge is 0.288 e. The van der Waals surface area contributed by atoms with E-state index in [4.69, 9.17) is 11.6 Å². The monoisotopic (exact) mass is 428 g/mol. The van der Waals surface area contributed by atoms with Crippen LogP contribution < -0.4 is 10.7 Å². The van der Waals surface area contributed by atoms with E-state index in [1.165, 1.54) is 42.6 Å². The molecule has 11 nitrogen and oxygen atoms in total. The summed E-state index contributed by atoms with van der Waals surface area (Å²) in [4.78, 5) is 18.9. The first kappa shape index (κ1) is 19.1. The molecule has 30 heavy (non-hydrogen) atoms. The van der Waals surface area contributed by atoms with Crippen LogP contribution in [0.15, 0.2) is 52.2 Å². The topological polar surface area (TPSA) is 144 Å². The normalized spacial score (nSPS) is 11.1. The molecule has 0 spiro atoms. The van der Waals surface area contributed by atoms with E-state index < -0.39 is 4.92 Å². The lowest BCUT2D eigenvalue weighted by molar-refractivity contribution is -0.384. The van der Waals surface area contributed by atoms with Gasteiger partial charge >= 0.3 is 0 Å². The zero-order valence-electron chi connectivity index (χ0n) is 14.8. The molecule has 0 aliphatic rings. The van der Waals surface area contributed by atoms with Crippen LogP contribution in [0.3, 0.4) is 0 Å². The molecule has 2 aromatic heterocycles. The van der Waals surface area contributed by atoms with Gasteiger partial charge in [-0.25, -0.2) is 14.0 Å². The second kappa shape index (κ2) is 8.05. The Morgan fingerprint density at radius 1 is 1.10 bits per heavy atom. The van der Waals surface area contributed by atoms with Crippen molar-refractivity contribution in [1.82, 2.24) is 20.3 Å². The zero-order valence-corrected chi connectivity index (χ0v) is 15.5. The molecule has 0 bridgehead atoms. The van der Waals surface area contributed by atoms with Gasteiger partial charge in [0.05, 0.1) is 11.1 Å². The van der Waals surface area contributed by atoms with E-state index in [1.54, 1.807) is 6.07 Å². The van der Waals surface area contributed by atoms with Crippen molar-refractivity contribution in [3.05, 3.63) is 69.0 Å². The van der Waals surface area contributed by atoms with Crippen molar-refractivity contribution >= 4 is 52.1 Å². The summed E-state index contributed by atoms with van der Waals surface area (Å²) in [6, 6.07) is 9.84. The fraction of sp³-hybridized carbons (Fsp3) is 0. The Bertz CT molecular complexity index is 1260. The van der Waals surface area contributed by atoms with Crippen LogP contribution in [-0.2, 0) is 0 Å². The molecule has 0 aliphatic carbocycles. The van der Waals surface area contributed by atoms with Gasteiger partial charge in [-0.3, -0.25) is 15.5 Å². The first-order valence-corrected chi connectivity index (χ1v) is 8.63. The van der Waals surface area contributed by atoms with Crippen molar-refractivity contribution in [2.75, 3.05) is 10.7 Å². The summed E-state index contributed by atoms with van der Waals surface area (Å²) >= 11 is 5.80. The molecule has 0 saturated heterocycles. The SMILES string of the molecule is O=[N+]([O-])c1cc(/C=N\Nc2nc3nonc3nc2Nc2ccc(F)cc2)ccc1Cl. The minimum absolute atomic E-state index is 0.0192.